The summed E-state index contributed by atoms with van der Waals surface area (Å²) in [5, 5.41) is 4.05. The number of hydrogen-bond donors (Lipinski definition) is 1. The number of anilines is 1. The molecule has 0 aliphatic carbocycles. The SMILES string of the molecule is Nc1nccnc1CC1CCCN(C(=O)CCCn2cncn2)C1. The van der Waals surface area contributed by atoms with E-state index in [1.807, 2.05) is 4.90 Å². The van der Waals surface area contributed by atoms with Crippen molar-refractivity contribution >= 4 is 11.7 Å². The van der Waals surface area contributed by atoms with E-state index < -0.39 is 0 Å². The van der Waals surface area contributed by atoms with Gasteiger partial charge in [-0.15, -0.1) is 0 Å². The number of piperidine rings is 1. The lowest BCUT2D eigenvalue weighted by molar-refractivity contribution is -0.133. The fourth-order valence-electron chi connectivity index (χ4n) is 3.17. The Morgan fingerprint density at radius 2 is 2.21 bits per heavy atom. The Morgan fingerprint density at radius 1 is 1.33 bits per heavy atom. The second kappa shape index (κ2) is 7.85. The van der Waals surface area contributed by atoms with Gasteiger partial charge in [0.2, 0.25) is 5.91 Å². The van der Waals surface area contributed by atoms with Crippen molar-refractivity contribution in [2.24, 2.45) is 5.92 Å². The van der Waals surface area contributed by atoms with Gasteiger partial charge in [0, 0.05) is 38.4 Å². The minimum absolute atomic E-state index is 0.215. The molecule has 1 saturated heterocycles. The van der Waals surface area contributed by atoms with E-state index in [0.717, 1.165) is 51.0 Å². The first-order chi connectivity index (χ1) is 11.7. The van der Waals surface area contributed by atoms with Crippen LogP contribution in [0.2, 0.25) is 0 Å². The molecular formula is C16H23N7O. The van der Waals surface area contributed by atoms with Crippen LogP contribution in [-0.2, 0) is 17.8 Å². The van der Waals surface area contributed by atoms with E-state index in [-0.39, 0.29) is 5.91 Å². The summed E-state index contributed by atoms with van der Waals surface area (Å²) in [4.78, 5) is 26.7. The average molecular weight is 329 g/mol. The van der Waals surface area contributed by atoms with Crippen molar-refractivity contribution in [3.63, 3.8) is 0 Å². The third kappa shape index (κ3) is 4.27. The molecule has 2 aromatic heterocycles. The number of amides is 1. The Hall–Kier alpha value is -2.51. The van der Waals surface area contributed by atoms with Crippen molar-refractivity contribution in [1.29, 1.82) is 0 Å². The number of aryl methyl sites for hydroxylation is 1. The van der Waals surface area contributed by atoms with Crippen LogP contribution >= 0.6 is 0 Å². The lowest BCUT2D eigenvalue weighted by Crippen LogP contribution is -2.40. The molecule has 2 N–H and O–H groups in total. The number of hydrogen-bond acceptors (Lipinski definition) is 6. The lowest BCUT2D eigenvalue weighted by atomic mass is 9.93. The van der Waals surface area contributed by atoms with Gasteiger partial charge in [-0.05, 0) is 31.6 Å². The van der Waals surface area contributed by atoms with Gasteiger partial charge in [-0.2, -0.15) is 5.10 Å². The van der Waals surface area contributed by atoms with Gasteiger partial charge in [-0.1, -0.05) is 0 Å². The number of aromatic nitrogens is 5. The highest BCUT2D eigenvalue weighted by Gasteiger charge is 2.24. The van der Waals surface area contributed by atoms with Crippen molar-refractivity contribution in [2.75, 3.05) is 18.8 Å². The molecule has 1 aliphatic heterocycles. The molecule has 1 fully saturated rings. The van der Waals surface area contributed by atoms with E-state index >= 15 is 0 Å². The van der Waals surface area contributed by atoms with Crippen molar-refractivity contribution in [3.05, 3.63) is 30.7 Å². The molecule has 1 unspecified atom stereocenters. The predicted molar refractivity (Wildman–Crippen MR) is 88.7 cm³/mol. The molecule has 0 aromatic carbocycles. The number of carbonyl (C=O) groups excluding carboxylic acids is 1. The number of nitrogens with two attached hydrogens (primary N) is 1. The number of likely N-dealkylation sites (tertiary alicyclic amines) is 1. The summed E-state index contributed by atoms with van der Waals surface area (Å²) >= 11 is 0. The molecule has 1 atom stereocenters. The summed E-state index contributed by atoms with van der Waals surface area (Å²) in [6.45, 7) is 2.34. The van der Waals surface area contributed by atoms with Crippen LogP contribution < -0.4 is 5.73 Å². The smallest absolute Gasteiger partial charge is 0.222 e. The second-order valence-electron chi connectivity index (χ2n) is 6.20. The monoisotopic (exact) mass is 329 g/mol. The molecule has 24 heavy (non-hydrogen) atoms. The maximum atomic E-state index is 12.4. The Labute approximate surface area is 141 Å². The lowest BCUT2D eigenvalue weighted by Gasteiger charge is -2.33. The van der Waals surface area contributed by atoms with Crippen LogP contribution in [0, 0.1) is 5.92 Å². The van der Waals surface area contributed by atoms with E-state index in [0.29, 0.717) is 18.2 Å². The molecule has 3 rings (SSSR count). The number of nitrogen functional groups attached to an aromatic ring is 1. The van der Waals surface area contributed by atoms with Crippen LogP contribution in [-0.4, -0.2) is 48.6 Å². The first kappa shape index (κ1) is 16.4. The van der Waals surface area contributed by atoms with E-state index in [1.54, 1.807) is 23.4 Å². The van der Waals surface area contributed by atoms with Crippen molar-refractivity contribution in [1.82, 2.24) is 29.6 Å². The average Bonchev–Trinajstić information content (AvgIpc) is 3.10. The van der Waals surface area contributed by atoms with Crippen molar-refractivity contribution < 1.29 is 4.79 Å². The zero-order valence-corrected chi connectivity index (χ0v) is 13.7. The predicted octanol–water partition coefficient (Wildman–Crippen LogP) is 0.912. The van der Waals surface area contributed by atoms with E-state index in [2.05, 4.69) is 20.1 Å². The highest BCUT2D eigenvalue weighted by Crippen LogP contribution is 2.22. The highest BCUT2D eigenvalue weighted by atomic mass is 16.2. The van der Waals surface area contributed by atoms with Crippen molar-refractivity contribution in [3.8, 4) is 0 Å². The van der Waals surface area contributed by atoms with Gasteiger partial charge in [0.15, 0.2) is 0 Å². The fourth-order valence-corrected chi connectivity index (χ4v) is 3.17. The summed E-state index contributed by atoms with van der Waals surface area (Å²) in [6.07, 6.45) is 10.7. The van der Waals surface area contributed by atoms with Crippen LogP contribution in [0.15, 0.2) is 25.0 Å². The molecule has 0 bridgehead atoms. The molecule has 8 nitrogen and oxygen atoms in total. The van der Waals surface area contributed by atoms with Gasteiger partial charge < -0.3 is 10.6 Å². The first-order valence-corrected chi connectivity index (χ1v) is 8.38. The topological polar surface area (TPSA) is 103 Å². The summed E-state index contributed by atoms with van der Waals surface area (Å²) in [6, 6.07) is 0. The maximum absolute atomic E-state index is 12.4. The summed E-state index contributed by atoms with van der Waals surface area (Å²) in [7, 11) is 0. The zero-order chi connectivity index (χ0) is 16.8. The zero-order valence-electron chi connectivity index (χ0n) is 13.7. The normalized spacial score (nSPS) is 17.8. The Balaban J connectivity index is 1.47. The van der Waals surface area contributed by atoms with Crippen LogP contribution in [0.25, 0.3) is 0 Å². The van der Waals surface area contributed by atoms with Gasteiger partial charge in [0.1, 0.15) is 18.5 Å². The number of carbonyl (C=O) groups is 1. The molecule has 1 amide bonds. The molecule has 8 heteroatoms. The van der Waals surface area contributed by atoms with E-state index in [9.17, 15) is 4.79 Å². The Kier molecular flexibility index (Phi) is 5.35. The van der Waals surface area contributed by atoms with E-state index in [4.69, 9.17) is 5.73 Å². The Bertz CT molecular complexity index is 658. The molecule has 1 aliphatic rings. The summed E-state index contributed by atoms with van der Waals surface area (Å²) in [5.41, 5.74) is 6.71. The molecule has 3 heterocycles. The quantitative estimate of drug-likeness (QED) is 0.845. The molecule has 0 radical (unpaired) electrons. The number of nitrogens with zero attached hydrogens (tertiary/aromatic N) is 6. The largest absolute Gasteiger partial charge is 0.382 e. The van der Waals surface area contributed by atoms with Crippen LogP contribution in [0.3, 0.4) is 0 Å². The highest BCUT2D eigenvalue weighted by molar-refractivity contribution is 5.76. The van der Waals surface area contributed by atoms with Gasteiger partial charge in [-0.25, -0.2) is 9.97 Å². The van der Waals surface area contributed by atoms with Gasteiger partial charge in [0.25, 0.3) is 0 Å². The molecule has 2 aromatic rings. The first-order valence-electron chi connectivity index (χ1n) is 8.38. The minimum atomic E-state index is 0.215. The third-order valence-electron chi connectivity index (χ3n) is 4.40. The Morgan fingerprint density at radius 3 is 3.00 bits per heavy atom. The summed E-state index contributed by atoms with van der Waals surface area (Å²) < 4.78 is 1.75. The molecule has 0 saturated carbocycles. The van der Waals surface area contributed by atoms with Crippen LogP contribution in [0.1, 0.15) is 31.4 Å². The molecular weight excluding hydrogens is 306 g/mol. The number of rotatable bonds is 6. The van der Waals surface area contributed by atoms with Crippen LogP contribution in [0.5, 0.6) is 0 Å². The third-order valence-corrected chi connectivity index (χ3v) is 4.40. The van der Waals surface area contributed by atoms with Crippen molar-refractivity contribution in [2.45, 2.75) is 38.6 Å². The van der Waals surface area contributed by atoms with Gasteiger partial charge >= 0.3 is 0 Å². The molecule has 0 spiro atoms. The fraction of sp³-hybridized carbons (Fsp3) is 0.562. The minimum Gasteiger partial charge on any atom is -0.382 e. The maximum Gasteiger partial charge on any atom is 0.222 e. The van der Waals surface area contributed by atoms with Gasteiger partial charge in [0.05, 0.1) is 5.69 Å². The molecule has 128 valence electrons. The standard InChI is InChI=1S/C16H23N7O/c17-16-14(19-5-6-20-16)9-13-3-1-7-22(10-13)15(24)4-2-8-23-12-18-11-21-23/h5-6,11-13H,1-4,7-10H2,(H2,17,20). The second-order valence-corrected chi connectivity index (χ2v) is 6.20. The summed E-state index contributed by atoms with van der Waals surface area (Å²) in [5.74, 6) is 1.11. The van der Waals surface area contributed by atoms with Gasteiger partial charge in [-0.3, -0.25) is 14.5 Å². The van der Waals surface area contributed by atoms with Crippen LogP contribution in [0.4, 0.5) is 5.82 Å². The van der Waals surface area contributed by atoms with E-state index in [1.165, 1.54) is 6.33 Å².